The Morgan fingerprint density at radius 1 is 1.29 bits per heavy atom. The minimum atomic E-state index is -0.210. The van der Waals surface area contributed by atoms with Gasteiger partial charge in [-0.1, -0.05) is 6.58 Å². The number of carbonyl (C=O) groups is 1. The lowest BCUT2D eigenvalue weighted by Gasteiger charge is -2.32. The second-order valence-electron chi connectivity index (χ2n) is 6.24. The third-order valence-electron chi connectivity index (χ3n) is 5.29. The lowest BCUT2D eigenvalue weighted by Crippen LogP contribution is -2.34. The lowest BCUT2D eigenvalue weighted by molar-refractivity contribution is -0.148. The summed E-state index contributed by atoms with van der Waals surface area (Å²) in [5.41, 5.74) is 0.516. The molecule has 7 unspecified atom stereocenters. The first-order chi connectivity index (χ1) is 8.15. The highest BCUT2D eigenvalue weighted by Crippen LogP contribution is 2.64. The number of hydrogen-bond acceptors (Lipinski definition) is 3. The molecule has 4 rings (SSSR count). The minimum Gasteiger partial charge on any atom is -0.459 e. The van der Waals surface area contributed by atoms with Crippen molar-refractivity contribution in [1.82, 2.24) is 0 Å². The predicted molar refractivity (Wildman–Crippen MR) is 61.2 cm³/mol. The molecule has 0 aromatic rings. The van der Waals surface area contributed by atoms with Crippen LogP contribution >= 0.6 is 0 Å². The molecule has 3 aliphatic carbocycles. The van der Waals surface area contributed by atoms with Crippen molar-refractivity contribution in [1.29, 1.82) is 0 Å². The fraction of sp³-hybridized carbons (Fsp3) is 0.786. The molecule has 0 N–H and O–H groups in total. The molecule has 0 aromatic heterocycles. The molecular formula is C14H18O3. The summed E-state index contributed by atoms with van der Waals surface area (Å²) in [5, 5.41) is 0. The van der Waals surface area contributed by atoms with Gasteiger partial charge in [0.1, 0.15) is 6.10 Å². The van der Waals surface area contributed by atoms with Crippen molar-refractivity contribution in [3.8, 4) is 0 Å². The Bertz CT molecular complexity index is 402. The van der Waals surface area contributed by atoms with Crippen LogP contribution in [0.4, 0.5) is 0 Å². The molecule has 17 heavy (non-hydrogen) atoms. The van der Waals surface area contributed by atoms with Crippen LogP contribution in [0.2, 0.25) is 0 Å². The van der Waals surface area contributed by atoms with Crippen molar-refractivity contribution < 1.29 is 14.3 Å². The molecule has 3 nitrogen and oxygen atoms in total. The standard InChI is InChI=1S/C14H18O3/c1-6(2)14(15)17-10-4-7-3-8(10)9-5-11-13(16-11)12(7)9/h7-13H,1,3-5H2,2H3. The number of carbonyl (C=O) groups excluding carboxylic acids is 1. The molecule has 0 aromatic carbocycles. The Morgan fingerprint density at radius 3 is 2.88 bits per heavy atom. The zero-order valence-electron chi connectivity index (χ0n) is 10.1. The molecule has 3 heteroatoms. The zero-order chi connectivity index (χ0) is 11.7. The van der Waals surface area contributed by atoms with E-state index in [0.717, 1.165) is 24.2 Å². The third kappa shape index (κ3) is 1.29. The second-order valence-corrected chi connectivity index (χ2v) is 6.24. The number of esters is 1. The van der Waals surface area contributed by atoms with Crippen LogP contribution in [0.25, 0.3) is 0 Å². The fourth-order valence-electron chi connectivity index (χ4n) is 4.64. The van der Waals surface area contributed by atoms with E-state index in [9.17, 15) is 4.79 Å². The van der Waals surface area contributed by atoms with Crippen LogP contribution in [0.5, 0.6) is 0 Å². The van der Waals surface area contributed by atoms with Gasteiger partial charge in [-0.15, -0.1) is 0 Å². The normalized spacial score (nSPS) is 53.1. The predicted octanol–water partition coefficient (Wildman–Crippen LogP) is 1.92. The zero-order valence-corrected chi connectivity index (χ0v) is 10.1. The van der Waals surface area contributed by atoms with E-state index in [2.05, 4.69) is 6.58 Å². The van der Waals surface area contributed by atoms with Crippen molar-refractivity contribution in [2.45, 2.75) is 44.5 Å². The van der Waals surface area contributed by atoms with Gasteiger partial charge in [-0.25, -0.2) is 4.79 Å². The van der Waals surface area contributed by atoms with Crippen molar-refractivity contribution in [3.63, 3.8) is 0 Å². The summed E-state index contributed by atoms with van der Waals surface area (Å²) in [4.78, 5) is 11.6. The van der Waals surface area contributed by atoms with Crippen molar-refractivity contribution in [2.24, 2.45) is 23.7 Å². The van der Waals surface area contributed by atoms with E-state index in [4.69, 9.17) is 9.47 Å². The minimum absolute atomic E-state index is 0.156. The molecule has 1 saturated heterocycles. The SMILES string of the molecule is C=C(C)C(=O)OC1CC2CC1C1CC3OC3C21. The van der Waals surface area contributed by atoms with E-state index in [1.165, 1.54) is 12.8 Å². The van der Waals surface area contributed by atoms with Gasteiger partial charge in [0, 0.05) is 5.57 Å². The molecule has 3 saturated carbocycles. The highest BCUT2D eigenvalue weighted by atomic mass is 16.6. The summed E-state index contributed by atoms with van der Waals surface area (Å²) >= 11 is 0. The number of hydrogen-bond donors (Lipinski definition) is 0. The molecule has 0 amide bonds. The van der Waals surface area contributed by atoms with Crippen molar-refractivity contribution >= 4 is 5.97 Å². The smallest absolute Gasteiger partial charge is 0.333 e. The summed E-state index contributed by atoms with van der Waals surface area (Å²) in [5.74, 6) is 2.68. The molecule has 4 aliphatic rings. The number of fused-ring (bicyclic) bond motifs is 7. The molecule has 2 bridgehead atoms. The largest absolute Gasteiger partial charge is 0.459 e. The topological polar surface area (TPSA) is 38.8 Å². The first-order valence-corrected chi connectivity index (χ1v) is 6.67. The van der Waals surface area contributed by atoms with Crippen LogP contribution in [-0.4, -0.2) is 24.3 Å². The molecule has 0 radical (unpaired) electrons. The van der Waals surface area contributed by atoms with Gasteiger partial charge in [0.2, 0.25) is 0 Å². The van der Waals surface area contributed by atoms with Gasteiger partial charge in [0.05, 0.1) is 12.2 Å². The Hall–Kier alpha value is -0.830. The van der Waals surface area contributed by atoms with E-state index < -0.39 is 0 Å². The number of epoxide rings is 1. The maximum Gasteiger partial charge on any atom is 0.333 e. The average molecular weight is 234 g/mol. The van der Waals surface area contributed by atoms with Crippen LogP contribution in [0.1, 0.15) is 26.2 Å². The van der Waals surface area contributed by atoms with Crippen LogP contribution in [-0.2, 0) is 14.3 Å². The van der Waals surface area contributed by atoms with Gasteiger partial charge >= 0.3 is 5.97 Å². The Morgan fingerprint density at radius 2 is 2.12 bits per heavy atom. The van der Waals surface area contributed by atoms with Crippen molar-refractivity contribution in [2.75, 3.05) is 0 Å². The molecule has 92 valence electrons. The Labute approximate surface area is 101 Å². The molecular weight excluding hydrogens is 216 g/mol. The first kappa shape index (κ1) is 10.1. The summed E-state index contributed by atoms with van der Waals surface area (Å²) in [6, 6.07) is 0. The van der Waals surface area contributed by atoms with E-state index in [0.29, 0.717) is 23.7 Å². The average Bonchev–Trinajstić information content (AvgIpc) is 2.69. The summed E-state index contributed by atoms with van der Waals surface area (Å²) in [7, 11) is 0. The molecule has 1 heterocycles. The second kappa shape index (κ2) is 3.14. The maximum atomic E-state index is 11.6. The molecule has 4 fully saturated rings. The van der Waals surface area contributed by atoms with E-state index in [-0.39, 0.29) is 12.1 Å². The highest BCUT2D eigenvalue weighted by molar-refractivity contribution is 5.87. The summed E-state index contributed by atoms with van der Waals surface area (Å²) in [6.45, 7) is 5.37. The van der Waals surface area contributed by atoms with E-state index in [1.807, 2.05) is 0 Å². The molecule has 0 spiro atoms. The van der Waals surface area contributed by atoms with E-state index in [1.54, 1.807) is 6.92 Å². The van der Waals surface area contributed by atoms with Gasteiger partial charge in [-0.05, 0) is 49.9 Å². The van der Waals surface area contributed by atoms with Gasteiger partial charge in [0.15, 0.2) is 0 Å². The molecule has 7 atom stereocenters. The van der Waals surface area contributed by atoms with Gasteiger partial charge in [-0.2, -0.15) is 0 Å². The lowest BCUT2D eigenvalue weighted by atomic mass is 9.79. The summed E-state index contributed by atoms with van der Waals surface area (Å²) < 4.78 is 11.2. The first-order valence-electron chi connectivity index (χ1n) is 6.67. The quantitative estimate of drug-likeness (QED) is 0.416. The monoisotopic (exact) mass is 234 g/mol. The van der Waals surface area contributed by atoms with Crippen LogP contribution in [0, 0.1) is 23.7 Å². The maximum absolute atomic E-state index is 11.6. The van der Waals surface area contributed by atoms with Gasteiger partial charge in [0.25, 0.3) is 0 Å². The third-order valence-corrected chi connectivity index (χ3v) is 5.29. The summed E-state index contributed by atoms with van der Waals surface area (Å²) in [6.07, 6.45) is 4.77. The van der Waals surface area contributed by atoms with Crippen LogP contribution in [0.3, 0.4) is 0 Å². The van der Waals surface area contributed by atoms with E-state index >= 15 is 0 Å². The van der Waals surface area contributed by atoms with Gasteiger partial charge in [-0.3, -0.25) is 0 Å². The number of ether oxygens (including phenoxy) is 2. The number of rotatable bonds is 2. The van der Waals surface area contributed by atoms with Crippen LogP contribution < -0.4 is 0 Å². The van der Waals surface area contributed by atoms with Gasteiger partial charge < -0.3 is 9.47 Å². The molecule has 1 aliphatic heterocycles. The Kier molecular flexibility index (Phi) is 1.87. The van der Waals surface area contributed by atoms with Crippen molar-refractivity contribution in [3.05, 3.63) is 12.2 Å². The highest BCUT2D eigenvalue weighted by Gasteiger charge is 2.67. The Balaban J connectivity index is 1.48. The fourth-order valence-corrected chi connectivity index (χ4v) is 4.64. The van der Waals surface area contributed by atoms with Crippen LogP contribution in [0.15, 0.2) is 12.2 Å².